The van der Waals surface area contributed by atoms with Crippen molar-refractivity contribution in [3.63, 3.8) is 0 Å². The van der Waals surface area contributed by atoms with Gasteiger partial charge in [-0.25, -0.2) is 4.39 Å². The van der Waals surface area contributed by atoms with Crippen molar-refractivity contribution in [1.82, 2.24) is 0 Å². The molecule has 0 nitrogen and oxygen atoms in total. The summed E-state index contributed by atoms with van der Waals surface area (Å²) in [7, 11) is 0. The third kappa shape index (κ3) is 2.60. The van der Waals surface area contributed by atoms with Gasteiger partial charge < -0.3 is 0 Å². The second-order valence-corrected chi connectivity index (χ2v) is 6.04. The molecule has 0 N–H and O–H groups in total. The van der Waals surface area contributed by atoms with Crippen molar-refractivity contribution in [2.75, 3.05) is 0 Å². The maximum Gasteiger partial charge on any atom is 0.126 e. The number of fused-ring (bicyclic) bond motifs is 1. The summed E-state index contributed by atoms with van der Waals surface area (Å²) in [5.41, 5.74) is 5.40. The van der Waals surface area contributed by atoms with Crippen LogP contribution in [-0.2, 0) is 12.8 Å². The Morgan fingerprint density at radius 1 is 0.950 bits per heavy atom. The van der Waals surface area contributed by atoms with E-state index in [0.717, 1.165) is 17.5 Å². The molecule has 0 saturated carbocycles. The van der Waals surface area contributed by atoms with Gasteiger partial charge in [-0.05, 0) is 66.5 Å². The third-order valence-electron chi connectivity index (χ3n) is 4.15. The lowest BCUT2D eigenvalue weighted by molar-refractivity contribution is 0.616. The monoisotopic (exact) mass is 288 g/mol. The molecule has 0 aromatic heterocycles. The van der Waals surface area contributed by atoms with Crippen molar-refractivity contribution >= 4 is 11.6 Å². The minimum atomic E-state index is -0.280. The lowest BCUT2D eigenvalue weighted by Gasteiger charge is -2.18. The zero-order valence-electron chi connectivity index (χ0n) is 11.6. The van der Waals surface area contributed by atoms with E-state index in [4.69, 9.17) is 11.6 Å². The van der Waals surface area contributed by atoms with Crippen LogP contribution in [0.4, 0.5) is 4.39 Å². The van der Waals surface area contributed by atoms with E-state index in [1.807, 2.05) is 6.07 Å². The summed E-state index contributed by atoms with van der Waals surface area (Å²) in [4.78, 5) is 0. The minimum absolute atomic E-state index is 0.189. The van der Waals surface area contributed by atoms with E-state index in [1.165, 1.54) is 30.4 Å². The van der Waals surface area contributed by atoms with Crippen LogP contribution in [0.25, 0.3) is 0 Å². The highest BCUT2D eigenvalue weighted by atomic mass is 35.5. The van der Waals surface area contributed by atoms with Crippen molar-refractivity contribution < 1.29 is 4.39 Å². The second-order valence-electron chi connectivity index (χ2n) is 5.61. The smallest absolute Gasteiger partial charge is 0.126 e. The molecule has 0 aliphatic heterocycles. The first-order chi connectivity index (χ1) is 9.65. The topological polar surface area (TPSA) is 0 Å². The van der Waals surface area contributed by atoms with Crippen LogP contribution in [0.5, 0.6) is 0 Å². The highest BCUT2D eigenvalue weighted by molar-refractivity contribution is 6.22. The van der Waals surface area contributed by atoms with Crippen molar-refractivity contribution in [3.05, 3.63) is 70.0 Å². The first-order valence-corrected chi connectivity index (χ1v) is 7.60. The Bertz CT molecular complexity index is 633. The Labute approximate surface area is 124 Å². The number of hydrogen-bond acceptors (Lipinski definition) is 0. The standard InChI is InChI=1S/C18H18ClF/c1-12-6-7-16(11-17(12)20)18(19)15-9-8-13-4-2-3-5-14(13)10-15/h6-11,18H,2-5H2,1H3. The fourth-order valence-electron chi connectivity index (χ4n) is 2.87. The summed E-state index contributed by atoms with van der Waals surface area (Å²) in [6, 6.07) is 11.7. The molecule has 3 rings (SSSR count). The third-order valence-corrected chi connectivity index (χ3v) is 4.66. The number of rotatable bonds is 2. The van der Waals surface area contributed by atoms with Crippen LogP contribution < -0.4 is 0 Å². The Kier molecular flexibility index (Phi) is 3.80. The van der Waals surface area contributed by atoms with Gasteiger partial charge in [-0.2, -0.15) is 0 Å². The highest BCUT2D eigenvalue weighted by Gasteiger charge is 2.16. The van der Waals surface area contributed by atoms with Crippen LogP contribution >= 0.6 is 11.6 Å². The van der Waals surface area contributed by atoms with Gasteiger partial charge in [0.05, 0.1) is 5.38 Å². The van der Waals surface area contributed by atoms with Gasteiger partial charge in [0, 0.05) is 0 Å². The van der Waals surface area contributed by atoms with Crippen molar-refractivity contribution in [3.8, 4) is 0 Å². The molecular formula is C18H18ClF. The SMILES string of the molecule is Cc1ccc(C(Cl)c2ccc3c(c2)CCCC3)cc1F. The first-order valence-electron chi connectivity index (χ1n) is 7.17. The zero-order valence-corrected chi connectivity index (χ0v) is 12.4. The van der Waals surface area contributed by atoms with Crippen molar-refractivity contribution in [2.45, 2.75) is 38.0 Å². The van der Waals surface area contributed by atoms with Gasteiger partial charge in [0.2, 0.25) is 0 Å². The number of halogens is 2. The summed E-state index contributed by atoms with van der Waals surface area (Å²) in [5, 5.41) is -0.280. The predicted octanol–water partition coefficient (Wildman–Crippen LogP) is 5.34. The average Bonchev–Trinajstić information content (AvgIpc) is 2.49. The molecule has 2 aromatic carbocycles. The molecule has 0 fully saturated rings. The van der Waals surface area contributed by atoms with Gasteiger partial charge in [-0.15, -0.1) is 11.6 Å². The normalized spacial score (nSPS) is 15.8. The Balaban J connectivity index is 1.93. The molecule has 1 aliphatic carbocycles. The van der Waals surface area contributed by atoms with Gasteiger partial charge in [-0.3, -0.25) is 0 Å². The molecule has 0 heterocycles. The van der Waals surface area contributed by atoms with E-state index in [1.54, 1.807) is 19.1 Å². The molecule has 1 unspecified atom stereocenters. The number of aryl methyl sites for hydroxylation is 3. The van der Waals surface area contributed by atoms with E-state index in [2.05, 4.69) is 18.2 Å². The Morgan fingerprint density at radius 2 is 1.60 bits per heavy atom. The largest absolute Gasteiger partial charge is 0.207 e. The van der Waals surface area contributed by atoms with Crippen LogP contribution in [0, 0.1) is 12.7 Å². The maximum atomic E-state index is 13.7. The van der Waals surface area contributed by atoms with E-state index in [0.29, 0.717) is 5.56 Å². The van der Waals surface area contributed by atoms with E-state index < -0.39 is 0 Å². The van der Waals surface area contributed by atoms with Gasteiger partial charge in [0.15, 0.2) is 0 Å². The molecule has 0 bridgehead atoms. The molecule has 2 aromatic rings. The number of hydrogen-bond donors (Lipinski definition) is 0. The van der Waals surface area contributed by atoms with Crippen molar-refractivity contribution in [2.24, 2.45) is 0 Å². The van der Waals surface area contributed by atoms with Crippen LogP contribution in [0.15, 0.2) is 36.4 Å². The fraction of sp³-hybridized carbons (Fsp3) is 0.333. The molecule has 1 atom stereocenters. The Hall–Kier alpha value is -1.34. The fourth-order valence-corrected chi connectivity index (χ4v) is 3.14. The lowest BCUT2D eigenvalue weighted by atomic mass is 9.89. The van der Waals surface area contributed by atoms with Crippen LogP contribution in [-0.4, -0.2) is 0 Å². The Morgan fingerprint density at radius 3 is 2.35 bits per heavy atom. The number of benzene rings is 2. The molecule has 104 valence electrons. The second kappa shape index (κ2) is 5.57. The van der Waals surface area contributed by atoms with Crippen LogP contribution in [0.2, 0.25) is 0 Å². The summed E-state index contributed by atoms with van der Waals surface area (Å²) >= 11 is 6.53. The summed E-state index contributed by atoms with van der Waals surface area (Å²) in [5.74, 6) is -0.189. The minimum Gasteiger partial charge on any atom is -0.207 e. The van der Waals surface area contributed by atoms with E-state index in [-0.39, 0.29) is 11.2 Å². The van der Waals surface area contributed by atoms with Gasteiger partial charge in [0.1, 0.15) is 5.82 Å². The zero-order chi connectivity index (χ0) is 14.1. The van der Waals surface area contributed by atoms with Crippen molar-refractivity contribution in [1.29, 1.82) is 0 Å². The van der Waals surface area contributed by atoms with Crippen LogP contribution in [0.1, 0.15) is 46.0 Å². The van der Waals surface area contributed by atoms with Gasteiger partial charge in [-0.1, -0.05) is 30.3 Å². The highest BCUT2D eigenvalue weighted by Crippen LogP contribution is 2.32. The average molecular weight is 289 g/mol. The molecule has 0 radical (unpaired) electrons. The summed E-state index contributed by atoms with van der Waals surface area (Å²) < 4.78 is 13.7. The molecule has 1 aliphatic rings. The lowest BCUT2D eigenvalue weighted by Crippen LogP contribution is -2.04. The van der Waals surface area contributed by atoms with Crippen LogP contribution in [0.3, 0.4) is 0 Å². The maximum absolute atomic E-state index is 13.7. The molecule has 0 saturated heterocycles. The summed E-state index contributed by atoms with van der Waals surface area (Å²) in [6.45, 7) is 1.77. The first kappa shape index (κ1) is 13.6. The predicted molar refractivity (Wildman–Crippen MR) is 81.9 cm³/mol. The summed E-state index contributed by atoms with van der Waals surface area (Å²) in [6.07, 6.45) is 4.83. The molecule has 0 spiro atoms. The molecule has 2 heteroatoms. The molecule has 0 amide bonds. The quantitative estimate of drug-likeness (QED) is 0.654. The van der Waals surface area contributed by atoms with E-state index in [9.17, 15) is 4.39 Å². The number of alkyl halides is 1. The molecular weight excluding hydrogens is 271 g/mol. The van der Waals surface area contributed by atoms with Gasteiger partial charge >= 0.3 is 0 Å². The molecule has 20 heavy (non-hydrogen) atoms. The van der Waals surface area contributed by atoms with Gasteiger partial charge in [0.25, 0.3) is 0 Å². The van der Waals surface area contributed by atoms with E-state index >= 15 is 0 Å².